The molecule has 3 heterocycles. The van der Waals surface area contributed by atoms with Crippen LogP contribution in [0.1, 0.15) is 15.2 Å². The molecular formula is C27H28N4O3S. The highest BCUT2D eigenvalue weighted by atomic mass is 32.1. The lowest BCUT2D eigenvalue weighted by molar-refractivity contribution is 0.0630. The zero-order valence-corrected chi connectivity index (χ0v) is 20.7. The predicted octanol–water partition coefficient (Wildman–Crippen LogP) is 4.58. The molecule has 2 aromatic carbocycles. The third kappa shape index (κ3) is 4.94. The summed E-state index contributed by atoms with van der Waals surface area (Å²) in [7, 11) is 3.24. The van der Waals surface area contributed by atoms with Crippen molar-refractivity contribution in [3.05, 3.63) is 82.7 Å². The molecule has 0 atom stereocenters. The molecule has 1 saturated heterocycles. The summed E-state index contributed by atoms with van der Waals surface area (Å²) in [6.07, 6.45) is 1.82. The van der Waals surface area contributed by atoms with Crippen LogP contribution in [0, 0.1) is 0 Å². The molecule has 7 nitrogen and oxygen atoms in total. The number of carbonyl (C=O) groups is 1. The van der Waals surface area contributed by atoms with E-state index >= 15 is 0 Å². The van der Waals surface area contributed by atoms with E-state index in [4.69, 9.17) is 14.6 Å². The number of hydrogen-bond donors (Lipinski definition) is 0. The Kier molecular flexibility index (Phi) is 6.83. The number of ether oxygens (including phenoxy) is 2. The first-order valence-corrected chi connectivity index (χ1v) is 12.5. The molecule has 1 aliphatic heterocycles. The second-order valence-electron chi connectivity index (χ2n) is 8.39. The van der Waals surface area contributed by atoms with Gasteiger partial charge in [0.1, 0.15) is 17.2 Å². The van der Waals surface area contributed by atoms with Gasteiger partial charge in [0.15, 0.2) is 0 Å². The van der Waals surface area contributed by atoms with Crippen LogP contribution in [-0.4, -0.2) is 65.9 Å². The Bertz CT molecular complexity index is 1280. The fourth-order valence-electron chi connectivity index (χ4n) is 4.34. The van der Waals surface area contributed by atoms with Crippen molar-refractivity contribution in [3.8, 4) is 28.4 Å². The molecule has 35 heavy (non-hydrogen) atoms. The van der Waals surface area contributed by atoms with Crippen molar-refractivity contribution in [2.75, 3.05) is 40.4 Å². The van der Waals surface area contributed by atoms with Gasteiger partial charge < -0.3 is 14.4 Å². The molecule has 0 spiro atoms. The van der Waals surface area contributed by atoms with Gasteiger partial charge in [-0.1, -0.05) is 24.3 Å². The molecule has 1 aliphatic rings. The Labute approximate surface area is 209 Å². The number of amides is 1. The molecule has 0 saturated carbocycles. The van der Waals surface area contributed by atoms with Crippen LogP contribution in [0.4, 0.5) is 0 Å². The van der Waals surface area contributed by atoms with Gasteiger partial charge in [-0.25, -0.2) is 4.68 Å². The van der Waals surface area contributed by atoms with Crippen molar-refractivity contribution in [3.63, 3.8) is 0 Å². The summed E-state index contributed by atoms with van der Waals surface area (Å²) in [4.78, 5) is 19.5. The first-order chi connectivity index (χ1) is 17.2. The molecule has 8 heteroatoms. The fourth-order valence-corrected chi connectivity index (χ4v) is 5.09. The minimum absolute atomic E-state index is 0.0252. The van der Waals surface area contributed by atoms with Gasteiger partial charge in [0.2, 0.25) is 0 Å². The van der Waals surface area contributed by atoms with Crippen LogP contribution in [0.15, 0.2) is 72.2 Å². The average molecular weight is 489 g/mol. The second-order valence-corrected chi connectivity index (χ2v) is 9.42. The van der Waals surface area contributed by atoms with E-state index in [1.165, 1.54) is 4.88 Å². The van der Waals surface area contributed by atoms with Crippen LogP contribution in [0.25, 0.3) is 16.9 Å². The number of thiophene rings is 1. The van der Waals surface area contributed by atoms with Crippen LogP contribution in [0.3, 0.4) is 0 Å². The number of benzene rings is 2. The van der Waals surface area contributed by atoms with Gasteiger partial charge in [0.05, 0.1) is 25.5 Å². The molecular weight excluding hydrogens is 460 g/mol. The summed E-state index contributed by atoms with van der Waals surface area (Å²) in [5.74, 6) is 1.29. The molecule has 4 aromatic rings. The van der Waals surface area contributed by atoms with E-state index < -0.39 is 0 Å². The van der Waals surface area contributed by atoms with Crippen molar-refractivity contribution in [1.82, 2.24) is 19.6 Å². The Hall–Kier alpha value is -3.62. The van der Waals surface area contributed by atoms with Gasteiger partial charge in [0.25, 0.3) is 5.91 Å². The molecule has 0 bridgehead atoms. The van der Waals surface area contributed by atoms with Crippen molar-refractivity contribution in [1.29, 1.82) is 0 Å². The lowest BCUT2D eigenvalue weighted by atomic mass is 10.1. The number of methoxy groups -OCH3 is 2. The van der Waals surface area contributed by atoms with Crippen LogP contribution < -0.4 is 9.47 Å². The van der Waals surface area contributed by atoms with Crippen molar-refractivity contribution < 1.29 is 14.3 Å². The summed E-state index contributed by atoms with van der Waals surface area (Å²) < 4.78 is 12.8. The lowest BCUT2D eigenvalue weighted by Gasteiger charge is -2.34. The van der Waals surface area contributed by atoms with Gasteiger partial charge in [-0.15, -0.1) is 11.3 Å². The molecule has 1 amide bonds. The molecule has 1 fully saturated rings. The highest BCUT2D eigenvalue weighted by Gasteiger charge is 2.28. The number of para-hydroxylation sites is 1. The maximum Gasteiger partial charge on any atom is 0.257 e. The van der Waals surface area contributed by atoms with Crippen molar-refractivity contribution >= 4 is 17.2 Å². The topological polar surface area (TPSA) is 59.8 Å². The van der Waals surface area contributed by atoms with Gasteiger partial charge in [-0.3, -0.25) is 9.69 Å². The molecule has 180 valence electrons. The summed E-state index contributed by atoms with van der Waals surface area (Å²) >= 11 is 1.77. The number of nitrogens with zero attached hydrogens (tertiary/aromatic N) is 4. The Morgan fingerprint density at radius 2 is 1.77 bits per heavy atom. The minimum Gasteiger partial charge on any atom is -0.497 e. The van der Waals surface area contributed by atoms with Gasteiger partial charge in [0, 0.05) is 49.4 Å². The molecule has 0 radical (unpaired) electrons. The van der Waals surface area contributed by atoms with Crippen molar-refractivity contribution in [2.24, 2.45) is 0 Å². The minimum atomic E-state index is -0.0252. The zero-order valence-electron chi connectivity index (χ0n) is 19.9. The third-order valence-corrected chi connectivity index (χ3v) is 7.11. The Morgan fingerprint density at radius 3 is 2.46 bits per heavy atom. The SMILES string of the molecule is COc1ccc(OC)c(-c2nn(-c3ccccc3)cc2C(=O)N2CCN(Cc3cccs3)CC2)c1. The summed E-state index contributed by atoms with van der Waals surface area (Å²) in [6.45, 7) is 3.96. The maximum atomic E-state index is 13.8. The molecule has 5 rings (SSSR count). The third-order valence-electron chi connectivity index (χ3n) is 6.25. The largest absolute Gasteiger partial charge is 0.497 e. The Balaban J connectivity index is 1.46. The second kappa shape index (κ2) is 10.3. The maximum absolute atomic E-state index is 13.8. The summed E-state index contributed by atoms with van der Waals surface area (Å²) in [6, 6.07) is 19.6. The first-order valence-electron chi connectivity index (χ1n) is 11.6. The number of rotatable bonds is 7. The Morgan fingerprint density at radius 1 is 0.971 bits per heavy atom. The number of aromatic nitrogens is 2. The van der Waals surface area contributed by atoms with Crippen molar-refractivity contribution in [2.45, 2.75) is 6.54 Å². The van der Waals surface area contributed by atoms with Gasteiger partial charge in [-0.05, 0) is 41.8 Å². The van der Waals surface area contributed by atoms with E-state index in [0.29, 0.717) is 35.8 Å². The van der Waals surface area contributed by atoms with Crippen LogP contribution in [-0.2, 0) is 6.54 Å². The van der Waals surface area contributed by atoms with E-state index in [2.05, 4.69) is 22.4 Å². The highest BCUT2D eigenvalue weighted by molar-refractivity contribution is 7.09. The van der Waals surface area contributed by atoms with E-state index in [9.17, 15) is 4.79 Å². The molecule has 0 aliphatic carbocycles. The van der Waals surface area contributed by atoms with E-state index in [-0.39, 0.29) is 5.91 Å². The summed E-state index contributed by atoms with van der Waals surface area (Å²) in [5, 5.41) is 6.95. The molecule has 0 N–H and O–H groups in total. The zero-order chi connectivity index (χ0) is 24.2. The number of hydrogen-bond acceptors (Lipinski definition) is 6. The van der Waals surface area contributed by atoms with Gasteiger partial charge >= 0.3 is 0 Å². The monoisotopic (exact) mass is 488 g/mol. The summed E-state index contributed by atoms with van der Waals surface area (Å²) in [5.41, 5.74) is 2.74. The molecule has 0 unspecified atom stereocenters. The standard InChI is InChI=1S/C27H28N4O3S/c1-33-21-10-11-25(34-2)23(17-21)26-24(19-31(28-26)20-7-4-3-5-8-20)27(32)30-14-12-29(13-15-30)18-22-9-6-16-35-22/h3-11,16-17,19H,12-15,18H2,1-2H3. The van der Waals surface area contributed by atoms with E-state index in [0.717, 1.165) is 30.9 Å². The number of carbonyl (C=O) groups excluding carboxylic acids is 1. The normalized spacial score (nSPS) is 14.2. The van der Waals surface area contributed by atoms with E-state index in [1.54, 1.807) is 30.2 Å². The molecule has 2 aromatic heterocycles. The smallest absolute Gasteiger partial charge is 0.257 e. The number of piperazine rings is 1. The highest BCUT2D eigenvalue weighted by Crippen LogP contribution is 2.35. The van der Waals surface area contributed by atoms with Crippen LogP contribution in [0.5, 0.6) is 11.5 Å². The fraction of sp³-hybridized carbons (Fsp3) is 0.259. The van der Waals surface area contributed by atoms with Crippen LogP contribution in [0.2, 0.25) is 0 Å². The van der Waals surface area contributed by atoms with Crippen LogP contribution >= 0.6 is 11.3 Å². The lowest BCUT2D eigenvalue weighted by Crippen LogP contribution is -2.48. The average Bonchev–Trinajstić information content (AvgIpc) is 3.59. The van der Waals surface area contributed by atoms with E-state index in [1.807, 2.05) is 59.6 Å². The predicted molar refractivity (Wildman–Crippen MR) is 138 cm³/mol. The first kappa shape index (κ1) is 23.1. The quantitative estimate of drug-likeness (QED) is 0.381. The van der Waals surface area contributed by atoms with Gasteiger partial charge in [-0.2, -0.15) is 5.10 Å².